The molecule has 2 aliphatic rings. The molecular weight excluding hydrogens is 561 g/mol. The zero-order valence-electron chi connectivity index (χ0n) is 19.3. The molecule has 2 amide bonds. The van der Waals surface area contributed by atoms with Crippen molar-refractivity contribution >= 4 is 63.8 Å². The quantitative estimate of drug-likeness (QED) is 0.275. The fourth-order valence-electron chi connectivity index (χ4n) is 3.75. The van der Waals surface area contributed by atoms with Gasteiger partial charge in [-0.05, 0) is 59.3 Å². The Hall–Kier alpha value is -3.04. The van der Waals surface area contributed by atoms with E-state index in [1.807, 2.05) is 0 Å². The molecule has 0 spiro atoms. The summed E-state index contributed by atoms with van der Waals surface area (Å²) in [7, 11) is 1.52. The number of fused-ring (bicyclic) bond motifs is 1. The number of nitrogens with zero attached hydrogens (tertiary/aromatic N) is 1. The predicted molar refractivity (Wildman–Crippen MR) is 143 cm³/mol. The van der Waals surface area contributed by atoms with Crippen molar-refractivity contribution in [2.75, 3.05) is 13.9 Å². The second-order valence-corrected chi connectivity index (χ2v) is 10.2. The van der Waals surface area contributed by atoms with Gasteiger partial charge in [0.15, 0.2) is 23.0 Å². The molecule has 0 bridgehead atoms. The number of ether oxygens (including phenoxy) is 4. The topological polar surface area (TPSA) is 74.3 Å². The van der Waals surface area contributed by atoms with Crippen molar-refractivity contribution < 1.29 is 28.5 Å². The van der Waals surface area contributed by atoms with Gasteiger partial charge in [0.05, 0.1) is 18.6 Å². The highest BCUT2D eigenvalue weighted by Crippen LogP contribution is 2.40. The van der Waals surface area contributed by atoms with Crippen molar-refractivity contribution in [2.24, 2.45) is 0 Å². The molecule has 1 saturated heterocycles. The third-order valence-electron chi connectivity index (χ3n) is 5.66. The van der Waals surface area contributed by atoms with Crippen LogP contribution >= 0.6 is 46.6 Å². The van der Waals surface area contributed by atoms with Gasteiger partial charge in [-0.25, -0.2) is 0 Å². The van der Waals surface area contributed by atoms with Crippen LogP contribution in [0.2, 0.25) is 15.1 Å². The smallest absolute Gasteiger partial charge is 0.293 e. The van der Waals surface area contributed by atoms with E-state index in [1.54, 1.807) is 54.6 Å². The van der Waals surface area contributed by atoms with E-state index < -0.39 is 11.1 Å². The van der Waals surface area contributed by atoms with Crippen LogP contribution in [0, 0.1) is 0 Å². The Labute approximate surface area is 231 Å². The number of halogens is 3. The highest BCUT2D eigenvalue weighted by atomic mass is 35.5. The van der Waals surface area contributed by atoms with Crippen molar-refractivity contribution in [2.45, 2.75) is 13.2 Å². The number of hydrogen-bond donors (Lipinski definition) is 0. The van der Waals surface area contributed by atoms with Gasteiger partial charge in [-0.3, -0.25) is 14.5 Å². The summed E-state index contributed by atoms with van der Waals surface area (Å²) >= 11 is 19.7. The Morgan fingerprint density at radius 2 is 1.70 bits per heavy atom. The van der Waals surface area contributed by atoms with Gasteiger partial charge in [-0.15, -0.1) is 0 Å². The van der Waals surface area contributed by atoms with Crippen LogP contribution in [0.4, 0.5) is 4.79 Å². The van der Waals surface area contributed by atoms with Crippen molar-refractivity contribution in [1.82, 2.24) is 4.90 Å². The summed E-state index contributed by atoms with van der Waals surface area (Å²) in [5.41, 5.74) is 1.86. The Morgan fingerprint density at radius 3 is 2.43 bits per heavy atom. The van der Waals surface area contributed by atoms with Crippen molar-refractivity contribution in [3.05, 3.63) is 85.2 Å². The molecule has 3 aromatic rings. The molecule has 2 heterocycles. The molecule has 11 heteroatoms. The Morgan fingerprint density at radius 1 is 0.973 bits per heavy atom. The minimum Gasteiger partial charge on any atom is -0.493 e. The number of carbonyl (C=O) groups excluding carboxylic acids is 2. The van der Waals surface area contributed by atoms with E-state index >= 15 is 0 Å². The fraction of sp³-hybridized carbons (Fsp3) is 0.154. The van der Waals surface area contributed by atoms with Crippen LogP contribution < -0.4 is 18.9 Å². The normalized spacial score (nSPS) is 15.6. The van der Waals surface area contributed by atoms with Crippen LogP contribution in [-0.4, -0.2) is 29.9 Å². The maximum Gasteiger partial charge on any atom is 0.293 e. The Bertz CT molecular complexity index is 1420. The lowest BCUT2D eigenvalue weighted by molar-refractivity contribution is -0.123. The van der Waals surface area contributed by atoms with Crippen LogP contribution in [-0.2, 0) is 17.9 Å². The van der Waals surface area contributed by atoms with Crippen molar-refractivity contribution in [3.63, 3.8) is 0 Å². The second-order valence-electron chi connectivity index (χ2n) is 7.96. The molecule has 0 radical (unpaired) electrons. The lowest BCUT2D eigenvalue weighted by Crippen LogP contribution is -2.27. The molecule has 37 heavy (non-hydrogen) atoms. The number of hydrogen-bond acceptors (Lipinski definition) is 7. The number of methoxy groups -OCH3 is 1. The summed E-state index contributed by atoms with van der Waals surface area (Å²) in [6, 6.07) is 13.7. The van der Waals surface area contributed by atoms with E-state index in [0.717, 1.165) is 16.7 Å². The molecule has 0 aromatic heterocycles. The van der Waals surface area contributed by atoms with E-state index in [0.29, 0.717) is 54.8 Å². The zero-order chi connectivity index (χ0) is 26.1. The van der Waals surface area contributed by atoms with Crippen LogP contribution in [0.25, 0.3) is 6.08 Å². The van der Waals surface area contributed by atoms with Gasteiger partial charge in [0, 0.05) is 26.7 Å². The molecular formula is C26H18Cl3NO6S. The minimum atomic E-state index is -0.426. The van der Waals surface area contributed by atoms with E-state index in [4.69, 9.17) is 53.8 Å². The van der Waals surface area contributed by atoms with Crippen LogP contribution in [0.1, 0.15) is 16.7 Å². The first-order chi connectivity index (χ1) is 17.8. The van der Waals surface area contributed by atoms with E-state index in [1.165, 1.54) is 7.11 Å². The summed E-state index contributed by atoms with van der Waals surface area (Å²) in [5.74, 6) is 1.54. The van der Waals surface area contributed by atoms with Gasteiger partial charge in [0.1, 0.15) is 6.61 Å². The Kier molecular flexibility index (Phi) is 7.44. The highest BCUT2D eigenvalue weighted by Gasteiger charge is 2.35. The first-order valence-corrected chi connectivity index (χ1v) is 12.9. The van der Waals surface area contributed by atoms with Gasteiger partial charge in [-0.1, -0.05) is 46.9 Å². The summed E-state index contributed by atoms with van der Waals surface area (Å²) in [4.78, 5) is 27.2. The maximum atomic E-state index is 13.1. The maximum absolute atomic E-state index is 13.1. The fourth-order valence-corrected chi connectivity index (χ4v) is 5.31. The molecule has 1 fully saturated rings. The van der Waals surface area contributed by atoms with Gasteiger partial charge in [0.2, 0.25) is 6.79 Å². The van der Waals surface area contributed by atoms with Crippen molar-refractivity contribution in [1.29, 1.82) is 0 Å². The molecule has 0 atom stereocenters. The van der Waals surface area contributed by atoms with Gasteiger partial charge in [-0.2, -0.15) is 0 Å². The van der Waals surface area contributed by atoms with Gasteiger partial charge < -0.3 is 18.9 Å². The van der Waals surface area contributed by atoms with Crippen LogP contribution in [0.5, 0.6) is 23.0 Å². The van der Waals surface area contributed by atoms with E-state index in [9.17, 15) is 9.59 Å². The molecule has 5 rings (SSSR count). The third kappa shape index (κ3) is 5.33. The lowest BCUT2D eigenvalue weighted by Gasteiger charge is -2.14. The van der Waals surface area contributed by atoms with E-state index in [2.05, 4.69) is 0 Å². The number of carbonyl (C=O) groups is 2. The average molecular weight is 579 g/mol. The third-order valence-corrected chi connectivity index (χ3v) is 7.63. The first kappa shape index (κ1) is 25.6. The predicted octanol–water partition coefficient (Wildman–Crippen LogP) is 7.20. The summed E-state index contributed by atoms with van der Waals surface area (Å²) in [6.07, 6.45) is 1.63. The summed E-state index contributed by atoms with van der Waals surface area (Å²) in [5, 5.41) is 0.948. The summed E-state index contributed by atoms with van der Waals surface area (Å²) < 4.78 is 22.0. The number of thioether (sulfide) groups is 1. The minimum absolute atomic E-state index is 0.00699. The monoisotopic (exact) mass is 577 g/mol. The summed E-state index contributed by atoms with van der Waals surface area (Å²) in [6.45, 7) is 0.219. The number of rotatable bonds is 7. The number of benzene rings is 3. The lowest BCUT2D eigenvalue weighted by atomic mass is 10.1. The number of amides is 2. The van der Waals surface area contributed by atoms with Crippen LogP contribution in [0.15, 0.2) is 53.4 Å². The SMILES string of the molecule is COc1ccc(/C=C2\SC(=O)N(Cc3cc4c(cc3Cl)OCO4)C2=O)cc1OCc1c(Cl)cccc1Cl. The molecule has 7 nitrogen and oxygen atoms in total. The standard InChI is InChI=1S/C26H18Cl3NO6S/c1-33-20-6-5-14(7-21(20)34-12-16-17(27)3-2-4-18(16)28)8-24-25(31)30(26(32)37-24)11-15-9-22-23(10-19(15)29)36-13-35-22/h2-10H,11-13H2,1H3/b24-8-. The van der Waals surface area contributed by atoms with Gasteiger partial charge in [0.25, 0.3) is 11.1 Å². The highest BCUT2D eigenvalue weighted by molar-refractivity contribution is 8.18. The molecule has 0 N–H and O–H groups in total. The molecule has 0 saturated carbocycles. The first-order valence-electron chi connectivity index (χ1n) is 10.9. The average Bonchev–Trinajstić information content (AvgIpc) is 3.43. The zero-order valence-corrected chi connectivity index (χ0v) is 22.3. The molecule has 0 unspecified atom stereocenters. The number of imide groups is 1. The van der Waals surface area contributed by atoms with E-state index in [-0.39, 0.29) is 24.8 Å². The second kappa shape index (κ2) is 10.8. The molecule has 0 aliphatic carbocycles. The molecule has 3 aromatic carbocycles. The largest absolute Gasteiger partial charge is 0.493 e. The molecule has 190 valence electrons. The van der Waals surface area contributed by atoms with Gasteiger partial charge >= 0.3 is 0 Å². The van der Waals surface area contributed by atoms with Crippen molar-refractivity contribution in [3.8, 4) is 23.0 Å². The Balaban J connectivity index is 1.35. The molecule has 2 aliphatic heterocycles. The van der Waals surface area contributed by atoms with Crippen LogP contribution in [0.3, 0.4) is 0 Å².